The summed E-state index contributed by atoms with van der Waals surface area (Å²) in [6.45, 7) is 2.21. The predicted octanol–water partition coefficient (Wildman–Crippen LogP) is 4.45. The highest BCUT2D eigenvalue weighted by Crippen LogP contribution is 2.32. The average molecular weight is 546 g/mol. The molecule has 34 heavy (non-hydrogen) atoms. The van der Waals surface area contributed by atoms with Gasteiger partial charge in [0.1, 0.15) is 13.2 Å². The highest BCUT2D eigenvalue weighted by molar-refractivity contribution is 9.10. The summed E-state index contributed by atoms with van der Waals surface area (Å²) >= 11 is 3.30. The maximum absolute atomic E-state index is 12.8. The molecule has 0 aromatic heterocycles. The number of ether oxygens (including phenoxy) is 3. The third-order valence-corrected chi connectivity index (χ3v) is 6.86. The van der Waals surface area contributed by atoms with Gasteiger partial charge >= 0.3 is 5.97 Å². The van der Waals surface area contributed by atoms with Crippen molar-refractivity contribution >= 4 is 43.4 Å². The Hall–Kier alpha value is -3.37. The van der Waals surface area contributed by atoms with E-state index in [0.29, 0.717) is 30.3 Å². The lowest BCUT2D eigenvalue weighted by Gasteiger charge is -2.19. The van der Waals surface area contributed by atoms with Crippen LogP contribution in [-0.2, 0) is 14.8 Å². The molecule has 176 valence electrons. The number of ketones is 1. The zero-order valence-corrected chi connectivity index (χ0v) is 20.4. The van der Waals surface area contributed by atoms with Gasteiger partial charge in [0, 0.05) is 21.8 Å². The first-order valence-electron chi connectivity index (χ1n) is 10.3. The molecule has 0 fully saturated rings. The number of fused-ring (bicyclic) bond motifs is 1. The van der Waals surface area contributed by atoms with Crippen molar-refractivity contribution in [1.29, 1.82) is 0 Å². The van der Waals surface area contributed by atoms with Gasteiger partial charge in [0.15, 0.2) is 17.6 Å². The third-order valence-electron chi connectivity index (χ3n) is 4.96. The van der Waals surface area contributed by atoms with Crippen LogP contribution in [0.1, 0.15) is 27.6 Å². The molecule has 10 heteroatoms. The van der Waals surface area contributed by atoms with Crippen LogP contribution in [0.15, 0.2) is 76.1 Å². The number of hydrogen-bond donors (Lipinski definition) is 1. The smallest absolute Gasteiger partial charge is 0.338 e. The minimum absolute atomic E-state index is 0.0153. The van der Waals surface area contributed by atoms with Crippen molar-refractivity contribution in [2.45, 2.75) is 17.9 Å². The number of carbonyl (C=O) groups excluding carboxylic acids is 2. The van der Waals surface area contributed by atoms with Crippen LogP contribution in [-0.4, -0.2) is 39.5 Å². The second kappa shape index (κ2) is 9.86. The van der Waals surface area contributed by atoms with Gasteiger partial charge in [-0.3, -0.25) is 9.52 Å². The van der Waals surface area contributed by atoms with Gasteiger partial charge in [0.25, 0.3) is 10.0 Å². The Kier molecular flexibility index (Phi) is 6.90. The van der Waals surface area contributed by atoms with Crippen molar-refractivity contribution in [3.8, 4) is 11.5 Å². The summed E-state index contributed by atoms with van der Waals surface area (Å²) in [6.07, 6.45) is -1.02. The summed E-state index contributed by atoms with van der Waals surface area (Å²) in [6, 6.07) is 16.8. The predicted molar refractivity (Wildman–Crippen MR) is 128 cm³/mol. The summed E-state index contributed by atoms with van der Waals surface area (Å²) in [4.78, 5) is 25.1. The number of esters is 1. The normalized spacial score (nSPS) is 13.6. The van der Waals surface area contributed by atoms with Gasteiger partial charge in [0.2, 0.25) is 5.78 Å². The van der Waals surface area contributed by atoms with Crippen molar-refractivity contribution in [3.05, 3.63) is 82.3 Å². The van der Waals surface area contributed by atoms with Crippen LogP contribution >= 0.6 is 15.9 Å². The Morgan fingerprint density at radius 1 is 0.941 bits per heavy atom. The fourth-order valence-electron chi connectivity index (χ4n) is 3.25. The number of carbonyl (C=O) groups is 2. The van der Waals surface area contributed by atoms with Gasteiger partial charge in [-0.1, -0.05) is 34.1 Å². The molecule has 3 aromatic carbocycles. The minimum atomic E-state index is -3.96. The zero-order chi connectivity index (χ0) is 24.3. The molecule has 0 spiro atoms. The molecule has 1 aliphatic heterocycles. The second-order valence-electron chi connectivity index (χ2n) is 7.41. The summed E-state index contributed by atoms with van der Waals surface area (Å²) < 4.78 is 45.1. The number of anilines is 1. The van der Waals surface area contributed by atoms with Crippen LogP contribution in [0.25, 0.3) is 0 Å². The number of halogens is 1. The Morgan fingerprint density at radius 3 is 2.38 bits per heavy atom. The Balaban J connectivity index is 1.46. The van der Waals surface area contributed by atoms with Crippen molar-refractivity contribution in [2.24, 2.45) is 0 Å². The Morgan fingerprint density at radius 2 is 1.65 bits per heavy atom. The topological polar surface area (TPSA) is 108 Å². The number of rotatable bonds is 7. The minimum Gasteiger partial charge on any atom is -0.486 e. The molecule has 4 rings (SSSR count). The van der Waals surface area contributed by atoms with Gasteiger partial charge in [0.05, 0.1) is 10.5 Å². The van der Waals surface area contributed by atoms with Crippen molar-refractivity contribution in [3.63, 3.8) is 0 Å². The SMILES string of the molecule is C[C@H](OC(=O)c1cccc(NS(=O)(=O)c2ccc3c(c2)OCCO3)c1)C(=O)c1ccc(Br)cc1. The highest BCUT2D eigenvalue weighted by Gasteiger charge is 2.22. The van der Waals surface area contributed by atoms with E-state index in [9.17, 15) is 18.0 Å². The lowest BCUT2D eigenvalue weighted by Crippen LogP contribution is -2.24. The largest absolute Gasteiger partial charge is 0.486 e. The first-order chi connectivity index (χ1) is 16.2. The van der Waals surface area contributed by atoms with Crippen LogP contribution in [0.4, 0.5) is 5.69 Å². The van der Waals surface area contributed by atoms with E-state index in [0.717, 1.165) is 4.47 Å². The van der Waals surface area contributed by atoms with Crippen LogP contribution in [0.2, 0.25) is 0 Å². The molecule has 0 amide bonds. The highest BCUT2D eigenvalue weighted by atomic mass is 79.9. The molecule has 1 heterocycles. The number of nitrogens with one attached hydrogen (secondary N) is 1. The van der Waals surface area contributed by atoms with Gasteiger partial charge in [-0.2, -0.15) is 0 Å². The fourth-order valence-corrected chi connectivity index (χ4v) is 4.57. The van der Waals surface area contributed by atoms with E-state index >= 15 is 0 Å². The second-order valence-corrected chi connectivity index (χ2v) is 10.0. The maximum Gasteiger partial charge on any atom is 0.338 e. The molecule has 0 saturated heterocycles. The molecule has 1 aliphatic rings. The van der Waals surface area contributed by atoms with E-state index in [-0.39, 0.29) is 21.9 Å². The number of benzene rings is 3. The van der Waals surface area contributed by atoms with Gasteiger partial charge in [-0.05, 0) is 49.4 Å². The molecule has 8 nitrogen and oxygen atoms in total. The molecular weight excluding hydrogens is 526 g/mol. The lowest BCUT2D eigenvalue weighted by atomic mass is 10.1. The van der Waals surface area contributed by atoms with Crippen LogP contribution < -0.4 is 14.2 Å². The van der Waals surface area contributed by atoms with Crippen molar-refractivity contribution in [2.75, 3.05) is 17.9 Å². The molecule has 1 atom stereocenters. The molecule has 3 aromatic rings. The van der Waals surface area contributed by atoms with Gasteiger partial charge in [-0.15, -0.1) is 0 Å². The standard InChI is InChI=1S/C24H20BrNO7S/c1-15(23(27)16-5-7-18(25)8-6-16)33-24(28)17-3-2-4-19(13-17)26-34(29,30)20-9-10-21-22(14-20)32-12-11-31-21/h2-10,13-15,26H,11-12H2,1H3/t15-/m0/s1. The molecule has 0 bridgehead atoms. The number of hydrogen-bond acceptors (Lipinski definition) is 7. The van der Waals surface area contributed by atoms with E-state index in [2.05, 4.69) is 20.7 Å². The Labute approximate surface area is 205 Å². The number of Topliss-reactive ketones (excluding diaryl/α,β-unsaturated/α-hetero) is 1. The summed E-state index contributed by atoms with van der Waals surface area (Å²) in [7, 11) is -3.96. The average Bonchev–Trinajstić information content (AvgIpc) is 2.83. The molecule has 0 unspecified atom stereocenters. The van der Waals surface area contributed by atoms with Crippen molar-refractivity contribution < 1.29 is 32.2 Å². The third kappa shape index (κ3) is 5.40. The zero-order valence-electron chi connectivity index (χ0n) is 18.0. The maximum atomic E-state index is 12.8. The van der Waals surface area contributed by atoms with Crippen LogP contribution in [0.3, 0.4) is 0 Å². The molecule has 0 aliphatic carbocycles. The van der Waals surface area contributed by atoms with Crippen LogP contribution in [0, 0.1) is 0 Å². The Bertz CT molecular complexity index is 1340. The quantitative estimate of drug-likeness (QED) is 0.345. The fraction of sp³-hybridized carbons (Fsp3) is 0.167. The summed E-state index contributed by atoms with van der Waals surface area (Å²) in [5, 5.41) is 0. The van der Waals surface area contributed by atoms with Crippen LogP contribution in [0.5, 0.6) is 11.5 Å². The lowest BCUT2D eigenvalue weighted by molar-refractivity contribution is 0.0319. The van der Waals surface area contributed by atoms with E-state index in [4.69, 9.17) is 14.2 Å². The van der Waals surface area contributed by atoms with Crippen molar-refractivity contribution in [1.82, 2.24) is 0 Å². The molecule has 1 N–H and O–H groups in total. The van der Waals surface area contributed by atoms with E-state index < -0.39 is 22.1 Å². The van der Waals surface area contributed by atoms with E-state index in [1.54, 1.807) is 24.3 Å². The van der Waals surface area contributed by atoms with E-state index in [1.165, 1.54) is 49.4 Å². The van der Waals surface area contributed by atoms with Gasteiger partial charge in [-0.25, -0.2) is 13.2 Å². The van der Waals surface area contributed by atoms with E-state index in [1.807, 2.05) is 0 Å². The summed E-state index contributed by atoms with van der Waals surface area (Å²) in [5.74, 6) is -0.285. The van der Waals surface area contributed by atoms with Gasteiger partial charge < -0.3 is 14.2 Å². The first kappa shape index (κ1) is 23.8. The first-order valence-corrected chi connectivity index (χ1v) is 12.5. The monoisotopic (exact) mass is 545 g/mol. The molecule has 0 saturated carbocycles. The number of sulfonamides is 1. The summed E-state index contributed by atoms with van der Waals surface area (Å²) in [5.41, 5.74) is 0.665. The molecular formula is C24H20BrNO7S. The molecule has 0 radical (unpaired) electrons.